The van der Waals surface area contributed by atoms with Crippen LogP contribution < -0.4 is 11.1 Å². The number of nitrogens with zero attached hydrogens (tertiary/aromatic N) is 2. The van der Waals surface area contributed by atoms with E-state index >= 15 is 0 Å². The third kappa shape index (κ3) is 2.58. The molecule has 1 aromatic rings. The van der Waals surface area contributed by atoms with Gasteiger partial charge in [0, 0.05) is 37.4 Å². The van der Waals surface area contributed by atoms with Gasteiger partial charge in [0.05, 0.1) is 6.20 Å². The standard InChI is InChI=1S/C11H20N4/c1-15-8-9(7-13-15)11(6-12)14-10-4-2-3-5-10/h7-8,10-11,14H,2-6,12H2,1H3. The molecule has 0 radical (unpaired) electrons. The second kappa shape index (κ2) is 4.77. The maximum atomic E-state index is 5.79. The molecule has 2 rings (SSSR count). The number of aromatic nitrogens is 2. The largest absolute Gasteiger partial charge is 0.329 e. The van der Waals surface area contributed by atoms with Gasteiger partial charge in [-0.15, -0.1) is 0 Å². The van der Waals surface area contributed by atoms with Crippen molar-refractivity contribution in [1.29, 1.82) is 0 Å². The predicted octanol–water partition coefficient (Wildman–Crippen LogP) is 0.952. The normalized spacial score (nSPS) is 19.6. The molecule has 0 amide bonds. The molecule has 1 saturated carbocycles. The van der Waals surface area contributed by atoms with E-state index in [4.69, 9.17) is 5.73 Å². The lowest BCUT2D eigenvalue weighted by Crippen LogP contribution is -2.34. The topological polar surface area (TPSA) is 55.9 Å². The van der Waals surface area contributed by atoms with E-state index in [-0.39, 0.29) is 6.04 Å². The van der Waals surface area contributed by atoms with Crippen LogP contribution in [0.4, 0.5) is 0 Å². The van der Waals surface area contributed by atoms with Crippen molar-refractivity contribution < 1.29 is 0 Å². The first-order chi connectivity index (χ1) is 7.29. The molecule has 0 spiro atoms. The molecule has 15 heavy (non-hydrogen) atoms. The lowest BCUT2D eigenvalue weighted by atomic mass is 10.1. The summed E-state index contributed by atoms with van der Waals surface area (Å²) in [5.41, 5.74) is 6.99. The summed E-state index contributed by atoms with van der Waals surface area (Å²) in [6.45, 7) is 0.641. The van der Waals surface area contributed by atoms with Crippen LogP contribution in [0.2, 0.25) is 0 Å². The van der Waals surface area contributed by atoms with Gasteiger partial charge >= 0.3 is 0 Å². The zero-order valence-corrected chi connectivity index (χ0v) is 9.32. The van der Waals surface area contributed by atoms with Crippen molar-refractivity contribution in [2.45, 2.75) is 37.8 Å². The summed E-state index contributed by atoms with van der Waals surface area (Å²) in [7, 11) is 1.94. The van der Waals surface area contributed by atoms with Gasteiger partial charge in [0.25, 0.3) is 0 Å². The van der Waals surface area contributed by atoms with Gasteiger partial charge in [0.1, 0.15) is 0 Å². The molecule has 1 unspecified atom stereocenters. The van der Waals surface area contributed by atoms with Gasteiger partial charge in [0.2, 0.25) is 0 Å². The van der Waals surface area contributed by atoms with Gasteiger partial charge in [-0.3, -0.25) is 4.68 Å². The first-order valence-electron chi connectivity index (χ1n) is 5.74. The highest BCUT2D eigenvalue weighted by atomic mass is 15.2. The van der Waals surface area contributed by atoms with Crippen LogP contribution in [0.25, 0.3) is 0 Å². The first kappa shape index (κ1) is 10.6. The second-order valence-corrected chi connectivity index (χ2v) is 4.38. The number of nitrogens with two attached hydrogens (primary N) is 1. The molecule has 1 heterocycles. The average molecular weight is 208 g/mol. The molecule has 1 aromatic heterocycles. The van der Waals surface area contributed by atoms with Gasteiger partial charge in [-0.05, 0) is 12.8 Å². The molecule has 1 fully saturated rings. The molecule has 0 aliphatic heterocycles. The Labute approximate surface area is 90.8 Å². The lowest BCUT2D eigenvalue weighted by Gasteiger charge is -2.20. The molecular formula is C11H20N4. The summed E-state index contributed by atoms with van der Waals surface area (Å²) >= 11 is 0. The van der Waals surface area contributed by atoms with E-state index in [0.717, 1.165) is 0 Å². The Bertz CT molecular complexity index is 301. The zero-order valence-electron chi connectivity index (χ0n) is 9.32. The fourth-order valence-electron chi connectivity index (χ4n) is 2.30. The third-order valence-corrected chi connectivity index (χ3v) is 3.15. The highest BCUT2D eigenvalue weighted by Crippen LogP contribution is 2.21. The Hall–Kier alpha value is -0.870. The molecule has 0 bridgehead atoms. The number of hydrogen-bond donors (Lipinski definition) is 2. The van der Waals surface area contributed by atoms with Crippen molar-refractivity contribution in [2.24, 2.45) is 12.8 Å². The van der Waals surface area contributed by atoms with Crippen molar-refractivity contribution in [3.05, 3.63) is 18.0 Å². The summed E-state index contributed by atoms with van der Waals surface area (Å²) < 4.78 is 1.83. The van der Waals surface area contributed by atoms with Crippen LogP contribution in [0.3, 0.4) is 0 Å². The van der Waals surface area contributed by atoms with E-state index in [2.05, 4.69) is 10.4 Å². The van der Waals surface area contributed by atoms with Crippen molar-refractivity contribution in [2.75, 3.05) is 6.54 Å². The van der Waals surface area contributed by atoms with Gasteiger partial charge in [0.15, 0.2) is 0 Å². The molecule has 4 nitrogen and oxygen atoms in total. The molecule has 1 aliphatic carbocycles. The minimum Gasteiger partial charge on any atom is -0.329 e. The van der Waals surface area contributed by atoms with Gasteiger partial charge < -0.3 is 11.1 Å². The quantitative estimate of drug-likeness (QED) is 0.774. The highest BCUT2D eigenvalue weighted by molar-refractivity contribution is 5.11. The molecule has 1 aliphatic rings. The zero-order chi connectivity index (χ0) is 10.7. The third-order valence-electron chi connectivity index (χ3n) is 3.15. The molecule has 3 N–H and O–H groups in total. The Morgan fingerprint density at radius 3 is 2.87 bits per heavy atom. The van der Waals surface area contributed by atoms with Gasteiger partial charge in [-0.2, -0.15) is 5.10 Å². The van der Waals surface area contributed by atoms with Crippen molar-refractivity contribution in [1.82, 2.24) is 15.1 Å². The maximum Gasteiger partial charge on any atom is 0.0538 e. The number of nitrogens with one attached hydrogen (secondary N) is 1. The monoisotopic (exact) mass is 208 g/mol. The van der Waals surface area contributed by atoms with Crippen LogP contribution >= 0.6 is 0 Å². The number of hydrogen-bond acceptors (Lipinski definition) is 3. The molecule has 0 saturated heterocycles. The maximum absolute atomic E-state index is 5.79. The minimum atomic E-state index is 0.266. The van der Waals surface area contributed by atoms with Gasteiger partial charge in [-0.1, -0.05) is 12.8 Å². The van der Waals surface area contributed by atoms with Crippen molar-refractivity contribution >= 4 is 0 Å². The van der Waals surface area contributed by atoms with E-state index in [1.165, 1.54) is 31.2 Å². The predicted molar refractivity (Wildman–Crippen MR) is 60.4 cm³/mol. The molecule has 0 aromatic carbocycles. The lowest BCUT2D eigenvalue weighted by molar-refractivity contribution is 0.444. The van der Waals surface area contributed by atoms with E-state index < -0.39 is 0 Å². The van der Waals surface area contributed by atoms with E-state index in [1.54, 1.807) is 0 Å². The average Bonchev–Trinajstić information content (AvgIpc) is 2.85. The van der Waals surface area contributed by atoms with Crippen LogP contribution in [0.5, 0.6) is 0 Å². The second-order valence-electron chi connectivity index (χ2n) is 4.38. The summed E-state index contributed by atoms with van der Waals surface area (Å²) in [5, 5.41) is 7.80. The van der Waals surface area contributed by atoms with Crippen LogP contribution in [0.15, 0.2) is 12.4 Å². The molecule has 84 valence electrons. The summed E-state index contributed by atoms with van der Waals surface area (Å²) in [4.78, 5) is 0. The van der Waals surface area contributed by atoms with Crippen molar-refractivity contribution in [3.63, 3.8) is 0 Å². The molecular weight excluding hydrogens is 188 g/mol. The van der Waals surface area contributed by atoms with Crippen LogP contribution in [0.1, 0.15) is 37.3 Å². The number of rotatable bonds is 4. The Balaban J connectivity index is 1.97. The Morgan fingerprint density at radius 1 is 1.60 bits per heavy atom. The fourth-order valence-corrected chi connectivity index (χ4v) is 2.30. The van der Waals surface area contributed by atoms with Gasteiger partial charge in [-0.25, -0.2) is 0 Å². The SMILES string of the molecule is Cn1cc(C(CN)NC2CCCC2)cn1. The van der Waals surface area contributed by atoms with Crippen LogP contribution in [-0.4, -0.2) is 22.4 Å². The minimum absolute atomic E-state index is 0.266. The van der Waals surface area contributed by atoms with E-state index in [0.29, 0.717) is 12.6 Å². The van der Waals surface area contributed by atoms with E-state index in [1.807, 2.05) is 24.1 Å². The van der Waals surface area contributed by atoms with Crippen LogP contribution in [-0.2, 0) is 7.05 Å². The smallest absolute Gasteiger partial charge is 0.0538 e. The fraction of sp³-hybridized carbons (Fsp3) is 0.727. The molecule has 1 atom stereocenters. The number of aryl methyl sites for hydroxylation is 1. The summed E-state index contributed by atoms with van der Waals surface area (Å²) in [6.07, 6.45) is 9.22. The van der Waals surface area contributed by atoms with Crippen LogP contribution in [0, 0.1) is 0 Å². The van der Waals surface area contributed by atoms with E-state index in [9.17, 15) is 0 Å². The summed E-state index contributed by atoms with van der Waals surface area (Å²) in [6, 6.07) is 0.917. The summed E-state index contributed by atoms with van der Waals surface area (Å²) in [5.74, 6) is 0. The first-order valence-corrected chi connectivity index (χ1v) is 5.74. The van der Waals surface area contributed by atoms with Crippen molar-refractivity contribution in [3.8, 4) is 0 Å². The Kier molecular flexibility index (Phi) is 3.38. The Morgan fingerprint density at radius 2 is 2.33 bits per heavy atom. The molecule has 4 heteroatoms. The highest BCUT2D eigenvalue weighted by Gasteiger charge is 2.19.